The van der Waals surface area contributed by atoms with Gasteiger partial charge in [-0.05, 0) is 29.8 Å². The van der Waals surface area contributed by atoms with E-state index in [1.165, 1.54) is 24.5 Å². The van der Waals surface area contributed by atoms with Crippen LogP contribution in [0.5, 0.6) is 0 Å². The summed E-state index contributed by atoms with van der Waals surface area (Å²) in [6.45, 7) is 0.257. The Balaban J connectivity index is 1.44. The van der Waals surface area contributed by atoms with Gasteiger partial charge >= 0.3 is 0 Å². The maximum absolute atomic E-state index is 12.8. The van der Waals surface area contributed by atoms with Gasteiger partial charge in [0.05, 0.1) is 17.3 Å². The number of sulfone groups is 1. The first-order valence-electron chi connectivity index (χ1n) is 9.39. The van der Waals surface area contributed by atoms with Crippen molar-refractivity contribution < 1.29 is 13.2 Å². The van der Waals surface area contributed by atoms with Crippen LogP contribution >= 0.6 is 0 Å². The molecule has 0 fully saturated rings. The SMILES string of the molecule is CN(C)c1ncc(S(=O)(=O)c2ccc(CNC(=O)c3cc4cnccc4[nH]3)cc2)cn1. The third kappa shape index (κ3) is 4.24. The second-order valence-corrected chi connectivity index (χ2v) is 9.04. The average Bonchev–Trinajstić information content (AvgIpc) is 3.22. The number of nitrogens with one attached hydrogen (secondary N) is 2. The van der Waals surface area contributed by atoms with Crippen LogP contribution in [0.1, 0.15) is 16.1 Å². The van der Waals surface area contributed by atoms with Crippen molar-refractivity contribution in [3.05, 3.63) is 72.4 Å². The molecule has 2 N–H and O–H groups in total. The quantitative estimate of drug-likeness (QED) is 0.475. The third-order valence-electron chi connectivity index (χ3n) is 4.68. The van der Waals surface area contributed by atoms with Crippen LogP contribution in [-0.2, 0) is 16.4 Å². The fraction of sp³-hybridized carbons (Fsp3) is 0.143. The van der Waals surface area contributed by atoms with E-state index >= 15 is 0 Å². The zero-order valence-electron chi connectivity index (χ0n) is 16.9. The van der Waals surface area contributed by atoms with Crippen LogP contribution in [0.3, 0.4) is 0 Å². The smallest absolute Gasteiger partial charge is 0.267 e. The summed E-state index contributed by atoms with van der Waals surface area (Å²) in [4.78, 5) is 29.4. The zero-order chi connectivity index (χ0) is 22.0. The molecule has 0 saturated carbocycles. The van der Waals surface area contributed by atoms with Crippen molar-refractivity contribution in [2.24, 2.45) is 0 Å². The molecule has 0 saturated heterocycles. The van der Waals surface area contributed by atoms with Gasteiger partial charge in [0.25, 0.3) is 5.91 Å². The normalized spacial score (nSPS) is 11.4. The lowest BCUT2D eigenvalue weighted by atomic mass is 10.2. The summed E-state index contributed by atoms with van der Waals surface area (Å²) >= 11 is 0. The van der Waals surface area contributed by atoms with Crippen molar-refractivity contribution in [3.8, 4) is 0 Å². The lowest BCUT2D eigenvalue weighted by molar-refractivity contribution is 0.0946. The number of H-pyrrole nitrogens is 1. The van der Waals surface area contributed by atoms with E-state index < -0.39 is 9.84 Å². The zero-order valence-corrected chi connectivity index (χ0v) is 17.7. The Labute approximate surface area is 179 Å². The molecule has 9 nitrogen and oxygen atoms in total. The molecular formula is C21H20N6O3S. The molecule has 158 valence electrons. The summed E-state index contributed by atoms with van der Waals surface area (Å²) in [6.07, 6.45) is 5.92. The van der Waals surface area contributed by atoms with Crippen LogP contribution in [0.4, 0.5) is 5.95 Å². The van der Waals surface area contributed by atoms with Gasteiger partial charge in [-0.15, -0.1) is 0 Å². The molecule has 0 bridgehead atoms. The number of amides is 1. The van der Waals surface area contributed by atoms with E-state index in [0.717, 1.165) is 16.5 Å². The van der Waals surface area contributed by atoms with Gasteiger partial charge in [0.2, 0.25) is 15.8 Å². The van der Waals surface area contributed by atoms with Crippen molar-refractivity contribution in [3.63, 3.8) is 0 Å². The van der Waals surface area contributed by atoms with Crippen LogP contribution in [0.15, 0.2) is 71.0 Å². The molecule has 10 heteroatoms. The Kier molecular flexibility index (Phi) is 5.38. The van der Waals surface area contributed by atoms with Crippen LogP contribution in [-0.4, -0.2) is 48.4 Å². The topological polar surface area (TPSA) is 121 Å². The molecule has 0 aliphatic heterocycles. The first-order chi connectivity index (χ1) is 14.8. The predicted molar refractivity (Wildman–Crippen MR) is 116 cm³/mol. The minimum Gasteiger partial charge on any atom is -0.350 e. The van der Waals surface area contributed by atoms with Crippen molar-refractivity contribution in [2.75, 3.05) is 19.0 Å². The lowest BCUT2D eigenvalue weighted by Crippen LogP contribution is -2.23. The molecular weight excluding hydrogens is 416 g/mol. The number of fused-ring (bicyclic) bond motifs is 1. The number of aromatic amines is 1. The molecule has 3 aromatic heterocycles. The highest BCUT2D eigenvalue weighted by atomic mass is 32.2. The highest BCUT2D eigenvalue weighted by molar-refractivity contribution is 7.91. The number of pyridine rings is 1. The van der Waals surface area contributed by atoms with Crippen LogP contribution in [0.25, 0.3) is 10.9 Å². The maximum Gasteiger partial charge on any atom is 0.267 e. The van der Waals surface area contributed by atoms with Crippen molar-refractivity contribution in [1.29, 1.82) is 0 Å². The van der Waals surface area contributed by atoms with E-state index in [2.05, 4.69) is 25.3 Å². The van der Waals surface area contributed by atoms with E-state index in [1.54, 1.807) is 55.7 Å². The van der Waals surface area contributed by atoms with E-state index in [4.69, 9.17) is 0 Å². The monoisotopic (exact) mass is 436 g/mol. The van der Waals surface area contributed by atoms with E-state index in [9.17, 15) is 13.2 Å². The summed E-state index contributed by atoms with van der Waals surface area (Å²) in [6, 6.07) is 9.87. The highest BCUT2D eigenvalue weighted by Crippen LogP contribution is 2.21. The number of hydrogen-bond acceptors (Lipinski definition) is 7. The van der Waals surface area contributed by atoms with Gasteiger partial charge in [-0.1, -0.05) is 12.1 Å². The fourth-order valence-corrected chi connectivity index (χ4v) is 4.12. The number of rotatable bonds is 6. The Morgan fingerprint density at radius 2 is 1.74 bits per heavy atom. The summed E-state index contributed by atoms with van der Waals surface area (Å²) in [5, 5.41) is 3.67. The van der Waals surface area contributed by atoms with Crippen molar-refractivity contribution in [1.82, 2.24) is 25.3 Å². The second-order valence-electron chi connectivity index (χ2n) is 7.09. The Hall–Kier alpha value is -3.79. The number of carbonyl (C=O) groups is 1. The lowest BCUT2D eigenvalue weighted by Gasteiger charge is -2.10. The molecule has 3 heterocycles. The van der Waals surface area contributed by atoms with Gasteiger partial charge in [-0.2, -0.15) is 0 Å². The van der Waals surface area contributed by atoms with Crippen LogP contribution in [0.2, 0.25) is 0 Å². The minimum atomic E-state index is -3.73. The number of anilines is 1. The van der Waals surface area contributed by atoms with E-state index in [1.807, 2.05) is 0 Å². The largest absolute Gasteiger partial charge is 0.350 e. The van der Waals surface area contributed by atoms with Crippen LogP contribution < -0.4 is 10.2 Å². The number of nitrogens with zero attached hydrogens (tertiary/aromatic N) is 4. The summed E-state index contributed by atoms with van der Waals surface area (Å²) < 4.78 is 25.6. The molecule has 31 heavy (non-hydrogen) atoms. The molecule has 0 aliphatic rings. The van der Waals surface area contributed by atoms with Crippen molar-refractivity contribution in [2.45, 2.75) is 16.3 Å². The molecule has 4 rings (SSSR count). The predicted octanol–water partition coefficient (Wildman–Crippen LogP) is 2.18. The Morgan fingerprint density at radius 1 is 1.03 bits per heavy atom. The third-order valence-corrected chi connectivity index (χ3v) is 6.40. The summed E-state index contributed by atoms with van der Waals surface area (Å²) in [5.74, 6) is 0.169. The van der Waals surface area contributed by atoms with E-state index in [0.29, 0.717) is 11.6 Å². The fourth-order valence-electron chi connectivity index (χ4n) is 2.97. The molecule has 4 aromatic rings. The first-order valence-corrected chi connectivity index (χ1v) is 10.9. The molecule has 0 spiro atoms. The number of aromatic nitrogens is 4. The molecule has 0 aliphatic carbocycles. The van der Waals surface area contributed by atoms with Gasteiger partial charge in [-0.25, -0.2) is 18.4 Å². The van der Waals surface area contributed by atoms with Gasteiger partial charge in [-0.3, -0.25) is 9.78 Å². The average molecular weight is 436 g/mol. The van der Waals surface area contributed by atoms with Crippen molar-refractivity contribution >= 4 is 32.6 Å². The molecule has 1 aromatic carbocycles. The summed E-state index contributed by atoms with van der Waals surface area (Å²) in [5.41, 5.74) is 2.03. The van der Waals surface area contributed by atoms with Gasteiger partial charge in [0.1, 0.15) is 10.6 Å². The number of hydrogen-bond donors (Lipinski definition) is 2. The van der Waals surface area contributed by atoms with Crippen LogP contribution in [0, 0.1) is 0 Å². The first kappa shape index (κ1) is 20.5. The van der Waals surface area contributed by atoms with Gasteiger partial charge < -0.3 is 15.2 Å². The number of benzene rings is 1. The Morgan fingerprint density at radius 3 is 2.39 bits per heavy atom. The molecule has 1 amide bonds. The molecule has 0 atom stereocenters. The Bertz CT molecular complexity index is 1300. The highest BCUT2D eigenvalue weighted by Gasteiger charge is 2.19. The number of carbonyl (C=O) groups excluding carboxylic acids is 1. The second kappa shape index (κ2) is 8.15. The van der Waals surface area contributed by atoms with E-state index in [-0.39, 0.29) is 22.2 Å². The maximum atomic E-state index is 12.8. The molecule has 0 unspecified atom stereocenters. The minimum absolute atomic E-state index is 0.0208. The van der Waals surface area contributed by atoms with Gasteiger partial charge in [0, 0.05) is 43.9 Å². The summed E-state index contributed by atoms with van der Waals surface area (Å²) in [7, 11) is -0.181. The van der Waals surface area contributed by atoms with Gasteiger partial charge in [0.15, 0.2) is 0 Å². The standard InChI is InChI=1S/C21H20N6O3S/c1-27(2)21-24-12-17(13-25-21)31(29,30)16-5-3-14(4-6-16)10-23-20(28)19-9-15-11-22-8-7-18(15)26-19/h3-9,11-13,26H,10H2,1-2H3,(H,23,28). The molecule has 0 radical (unpaired) electrons.